The van der Waals surface area contributed by atoms with Gasteiger partial charge in [-0.15, -0.1) is 11.3 Å². The van der Waals surface area contributed by atoms with Gasteiger partial charge in [-0.05, 0) is 81.9 Å². The molecule has 2 nitrogen and oxygen atoms in total. The van der Waals surface area contributed by atoms with E-state index in [0.717, 1.165) is 25.0 Å². The molecule has 19 heavy (non-hydrogen) atoms. The Kier molecular flexibility index (Phi) is 4.07. The lowest BCUT2D eigenvalue weighted by Crippen LogP contribution is -2.40. The van der Waals surface area contributed by atoms with E-state index in [1.54, 1.807) is 11.3 Å². The number of amides is 1. The molecule has 1 N–H and O–H groups in total. The Bertz CT molecular complexity index is 502. The highest BCUT2D eigenvalue weighted by molar-refractivity contribution is 9.12. The molecule has 0 saturated heterocycles. The maximum Gasteiger partial charge on any atom is 0.253 e. The zero-order valence-corrected chi connectivity index (χ0v) is 14.8. The van der Waals surface area contributed by atoms with E-state index in [1.165, 1.54) is 25.7 Å². The molecule has 4 unspecified atom stereocenters. The molecule has 2 aliphatic carbocycles. The molecule has 5 heteroatoms. The molecule has 104 valence electrons. The van der Waals surface area contributed by atoms with Crippen LogP contribution >= 0.6 is 43.2 Å². The number of fused-ring (bicyclic) bond motifs is 2. The van der Waals surface area contributed by atoms with Crippen LogP contribution in [0.1, 0.15) is 43.0 Å². The fourth-order valence-corrected chi connectivity index (χ4v) is 6.59. The van der Waals surface area contributed by atoms with Gasteiger partial charge in [0, 0.05) is 6.04 Å². The van der Waals surface area contributed by atoms with Gasteiger partial charge in [0.05, 0.1) is 13.1 Å². The Balaban J connectivity index is 1.65. The second-order valence-electron chi connectivity index (χ2n) is 5.84. The largest absolute Gasteiger partial charge is 0.349 e. The molecule has 0 aliphatic heterocycles. The van der Waals surface area contributed by atoms with E-state index >= 15 is 0 Å². The summed E-state index contributed by atoms with van der Waals surface area (Å²) < 4.78 is 1.88. The van der Waals surface area contributed by atoms with Gasteiger partial charge in [0.15, 0.2) is 0 Å². The first-order chi connectivity index (χ1) is 9.04. The van der Waals surface area contributed by atoms with Crippen LogP contribution < -0.4 is 5.32 Å². The molecule has 2 saturated carbocycles. The first-order valence-electron chi connectivity index (χ1n) is 6.80. The van der Waals surface area contributed by atoms with Crippen molar-refractivity contribution >= 4 is 49.1 Å². The fraction of sp³-hybridized carbons (Fsp3) is 0.643. The van der Waals surface area contributed by atoms with Crippen LogP contribution in [-0.4, -0.2) is 11.9 Å². The van der Waals surface area contributed by atoms with E-state index in [0.29, 0.717) is 5.92 Å². The predicted molar refractivity (Wildman–Crippen MR) is 85.6 cm³/mol. The molecule has 2 aliphatic rings. The topological polar surface area (TPSA) is 29.1 Å². The van der Waals surface area contributed by atoms with Gasteiger partial charge in [-0.25, -0.2) is 0 Å². The van der Waals surface area contributed by atoms with Gasteiger partial charge < -0.3 is 5.32 Å². The highest BCUT2D eigenvalue weighted by Gasteiger charge is 2.42. The summed E-state index contributed by atoms with van der Waals surface area (Å²) in [6.45, 7) is 2.17. The van der Waals surface area contributed by atoms with E-state index in [2.05, 4.69) is 44.1 Å². The van der Waals surface area contributed by atoms with Crippen molar-refractivity contribution in [3.8, 4) is 0 Å². The van der Waals surface area contributed by atoms with Crippen LogP contribution in [0.15, 0.2) is 13.6 Å². The molecule has 2 bridgehead atoms. The van der Waals surface area contributed by atoms with Crippen LogP contribution in [0.5, 0.6) is 0 Å². The van der Waals surface area contributed by atoms with E-state index in [9.17, 15) is 4.79 Å². The number of halogens is 2. The fourth-order valence-electron chi connectivity index (χ4n) is 3.79. The third-order valence-corrected chi connectivity index (χ3v) is 7.03. The van der Waals surface area contributed by atoms with Gasteiger partial charge in [0.2, 0.25) is 0 Å². The van der Waals surface area contributed by atoms with Gasteiger partial charge in [0.1, 0.15) is 0 Å². The molecular weight excluding hydrogens is 390 g/mol. The van der Waals surface area contributed by atoms with Crippen LogP contribution in [0.4, 0.5) is 0 Å². The summed E-state index contributed by atoms with van der Waals surface area (Å²) in [7, 11) is 0. The molecule has 2 fully saturated rings. The number of thiophene rings is 1. The number of hydrogen-bond donors (Lipinski definition) is 1. The zero-order chi connectivity index (χ0) is 13.6. The Hall–Kier alpha value is 0.130. The minimum absolute atomic E-state index is 0.0455. The van der Waals surface area contributed by atoms with Gasteiger partial charge >= 0.3 is 0 Å². The van der Waals surface area contributed by atoms with Crippen molar-refractivity contribution in [3.63, 3.8) is 0 Å². The van der Waals surface area contributed by atoms with Gasteiger partial charge in [-0.3, -0.25) is 4.79 Å². The molecule has 1 aromatic heterocycles. The zero-order valence-electron chi connectivity index (χ0n) is 10.8. The number of rotatable bonds is 3. The first kappa shape index (κ1) is 14.1. The smallest absolute Gasteiger partial charge is 0.253 e. The molecule has 4 atom stereocenters. The van der Waals surface area contributed by atoms with Crippen molar-refractivity contribution in [1.29, 1.82) is 0 Å². The van der Waals surface area contributed by atoms with Crippen molar-refractivity contribution in [2.45, 2.75) is 38.6 Å². The van der Waals surface area contributed by atoms with Gasteiger partial charge in [-0.1, -0.05) is 6.42 Å². The summed E-state index contributed by atoms with van der Waals surface area (Å²) in [5.74, 6) is 2.50. The SMILES string of the molecule is CC(NC(=O)c1cc(Br)sc1Br)C1CC2CCC1C2. The van der Waals surface area contributed by atoms with Crippen molar-refractivity contribution < 1.29 is 4.79 Å². The molecule has 0 spiro atoms. The van der Waals surface area contributed by atoms with Crippen LogP contribution in [0.2, 0.25) is 0 Å². The third kappa shape index (κ3) is 2.79. The molecule has 1 heterocycles. The number of carbonyl (C=O) groups excluding carboxylic acids is 1. The van der Waals surface area contributed by atoms with Crippen LogP contribution in [0.25, 0.3) is 0 Å². The van der Waals surface area contributed by atoms with E-state index < -0.39 is 0 Å². The van der Waals surface area contributed by atoms with Gasteiger partial charge in [0.25, 0.3) is 5.91 Å². The highest BCUT2D eigenvalue weighted by atomic mass is 79.9. The molecule has 1 amide bonds. The maximum absolute atomic E-state index is 12.3. The predicted octanol–water partition coefficient (Wildman–Crippen LogP) is 4.83. The Morgan fingerprint density at radius 3 is 2.74 bits per heavy atom. The lowest BCUT2D eigenvalue weighted by atomic mass is 9.84. The minimum Gasteiger partial charge on any atom is -0.349 e. The molecule has 0 aromatic carbocycles. The summed E-state index contributed by atoms with van der Waals surface area (Å²) in [6.07, 6.45) is 5.47. The van der Waals surface area contributed by atoms with Crippen molar-refractivity contribution in [3.05, 3.63) is 19.2 Å². The lowest BCUT2D eigenvalue weighted by Gasteiger charge is -2.28. The molecule has 1 aromatic rings. The Labute approximate surface area is 134 Å². The van der Waals surface area contributed by atoms with Crippen LogP contribution in [-0.2, 0) is 0 Å². The van der Waals surface area contributed by atoms with Crippen molar-refractivity contribution in [2.24, 2.45) is 17.8 Å². The second-order valence-corrected chi connectivity index (χ2v) is 9.59. The second kappa shape index (κ2) is 5.49. The standard InChI is InChI=1S/C14H17Br2NOS/c1-7(10-5-8-2-3-9(10)4-8)17-14(18)11-6-12(15)19-13(11)16/h6-10H,2-5H2,1H3,(H,17,18). The average Bonchev–Trinajstić information content (AvgIpc) is 3.03. The van der Waals surface area contributed by atoms with Crippen molar-refractivity contribution in [2.75, 3.05) is 0 Å². The molecular formula is C14H17Br2NOS. The van der Waals surface area contributed by atoms with E-state index in [-0.39, 0.29) is 11.9 Å². The maximum atomic E-state index is 12.3. The molecule has 3 rings (SSSR count). The number of hydrogen-bond acceptors (Lipinski definition) is 2. The first-order valence-corrected chi connectivity index (χ1v) is 9.20. The quantitative estimate of drug-likeness (QED) is 0.765. The minimum atomic E-state index is 0.0455. The summed E-state index contributed by atoms with van der Waals surface area (Å²) >= 11 is 8.41. The van der Waals surface area contributed by atoms with Crippen LogP contribution in [0.3, 0.4) is 0 Å². The van der Waals surface area contributed by atoms with Gasteiger partial charge in [-0.2, -0.15) is 0 Å². The van der Waals surface area contributed by atoms with Crippen molar-refractivity contribution in [1.82, 2.24) is 5.32 Å². The van der Waals surface area contributed by atoms with E-state index in [1.807, 2.05) is 6.07 Å². The summed E-state index contributed by atoms with van der Waals surface area (Å²) in [6, 6.07) is 2.17. The summed E-state index contributed by atoms with van der Waals surface area (Å²) in [5.41, 5.74) is 0.742. The van der Waals surface area contributed by atoms with Crippen LogP contribution in [0, 0.1) is 17.8 Å². The molecule has 0 radical (unpaired) electrons. The number of nitrogens with one attached hydrogen (secondary N) is 1. The normalized spacial score (nSPS) is 30.6. The highest BCUT2D eigenvalue weighted by Crippen LogP contribution is 2.49. The monoisotopic (exact) mass is 405 g/mol. The third-order valence-electron chi connectivity index (χ3n) is 4.70. The summed E-state index contributed by atoms with van der Waals surface area (Å²) in [4.78, 5) is 12.3. The number of carbonyl (C=O) groups is 1. The summed E-state index contributed by atoms with van der Waals surface area (Å²) in [5, 5.41) is 3.19. The Morgan fingerprint density at radius 1 is 1.42 bits per heavy atom. The Morgan fingerprint density at radius 2 is 2.21 bits per heavy atom. The lowest BCUT2D eigenvalue weighted by molar-refractivity contribution is 0.0915. The van der Waals surface area contributed by atoms with E-state index in [4.69, 9.17) is 0 Å². The average molecular weight is 407 g/mol.